The first-order valence-corrected chi connectivity index (χ1v) is 9.84. The summed E-state index contributed by atoms with van der Waals surface area (Å²) in [6, 6.07) is 7.23. The van der Waals surface area contributed by atoms with E-state index in [1.165, 1.54) is 4.90 Å². The van der Waals surface area contributed by atoms with Gasteiger partial charge in [0.25, 0.3) is 5.91 Å². The first kappa shape index (κ1) is 18.7. The molecule has 4 rings (SSSR count). The van der Waals surface area contributed by atoms with Crippen molar-refractivity contribution >= 4 is 23.6 Å². The van der Waals surface area contributed by atoms with Crippen molar-refractivity contribution < 1.29 is 14.7 Å². The molecule has 1 saturated heterocycles. The maximum absolute atomic E-state index is 12.9. The average molecular weight is 400 g/mol. The SMILES string of the molecule is Cc1ccc(C(=O)N2CCc3cc(Cl)cc(C4CCCN4C(=O)O)c3C2)cn1. The van der Waals surface area contributed by atoms with Crippen LogP contribution in [0.4, 0.5) is 4.79 Å². The quantitative estimate of drug-likeness (QED) is 0.826. The van der Waals surface area contributed by atoms with Gasteiger partial charge in [0.2, 0.25) is 0 Å². The molecule has 28 heavy (non-hydrogen) atoms. The fraction of sp³-hybridized carbons (Fsp3) is 0.381. The zero-order valence-electron chi connectivity index (χ0n) is 15.7. The molecule has 0 spiro atoms. The molecule has 0 bridgehead atoms. The van der Waals surface area contributed by atoms with Crippen LogP contribution in [0.5, 0.6) is 0 Å². The van der Waals surface area contributed by atoms with Gasteiger partial charge in [0, 0.05) is 36.5 Å². The minimum absolute atomic E-state index is 0.0550. The third-order valence-corrected chi connectivity index (χ3v) is 5.86. The molecule has 7 heteroatoms. The lowest BCUT2D eigenvalue weighted by atomic mass is 9.90. The van der Waals surface area contributed by atoms with E-state index in [4.69, 9.17) is 11.6 Å². The number of rotatable bonds is 2. The summed E-state index contributed by atoms with van der Waals surface area (Å²) in [5, 5.41) is 10.2. The highest BCUT2D eigenvalue weighted by atomic mass is 35.5. The summed E-state index contributed by atoms with van der Waals surface area (Å²) in [6.45, 7) is 3.47. The Morgan fingerprint density at radius 3 is 2.79 bits per heavy atom. The molecule has 1 aromatic carbocycles. The van der Waals surface area contributed by atoms with E-state index < -0.39 is 6.09 Å². The molecule has 6 nitrogen and oxygen atoms in total. The maximum Gasteiger partial charge on any atom is 0.407 e. The Kier molecular flexibility index (Phi) is 4.98. The number of carbonyl (C=O) groups excluding carboxylic acids is 1. The molecule has 1 fully saturated rings. The average Bonchev–Trinajstić information content (AvgIpc) is 3.17. The van der Waals surface area contributed by atoms with Crippen LogP contribution in [-0.2, 0) is 13.0 Å². The van der Waals surface area contributed by atoms with Crippen molar-refractivity contribution in [3.05, 3.63) is 63.4 Å². The summed E-state index contributed by atoms with van der Waals surface area (Å²) in [5.41, 5.74) is 4.50. The minimum atomic E-state index is -0.911. The van der Waals surface area contributed by atoms with Crippen molar-refractivity contribution in [3.8, 4) is 0 Å². The van der Waals surface area contributed by atoms with Crippen LogP contribution in [0.15, 0.2) is 30.5 Å². The summed E-state index contributed by atoms with van der Waals surface area (Å²) in [4.78, 5) is 32.1. The Labute approximate surface area is 168 Å². The summed E-state index contributed by atoms with van der Waals surface area (Å²) in [5.74, 6) is -0.0550. The van der Waals surface area contributed by atoms with Crippen LogP contribution in [0.25, 0.3) is 0 Å². The van der Waals surface area contributed by atoms with Gasteiger partial charge in [-0.2, -0.15) is 0 Å². The monoisotopic (exact) mass is 399 g/mol. The fourth-order valence-corrected chi connectivity index (χ4v) is 4.47. The third-order valence-electron chi connectivity index (χ3n) is 5.64. The largest absolute Gasteiger partial charge is 0.465 e. The summed E-state index contributed by atoms with van der Waals surface area (Å²) >= 11 is 6.34. The second-order valence-corrected chi connectivity index (χ2v) is 7.87. The molecule has 0 aliphatic carbocycles. The molecule has 0 saturated carbocycles. The number of halogens is 1. The van der Waals surface area contributed by atoms with Crippen LogP contribution in [0.2, 0.25) is 5.02 Å². The van der Waals surface area contributed by atoms with E-state index in [9.17, 15) is 14.7 Å². The Bertz CT molecular complexity index is 929. The number of pyridine rings is 1. The molecule has 0 radical (unpaired) electrons. The smallest absolute Gasteiger partial charge is 0.407 e. The second-order valence-electron chi connectivity index (χ2n) is 7.43. The van der Waals surface area contributed by atoms with Crippen molar-refractivity contribution in [1.29, 1.82) is 0 Å². The van der Waals surface area contributed by atoms with Crippen molar-refractivity contribution in [2.75, 3.05) is 13.1 Å². The van der Waals surface area contributed by atoms with E-state index in [-0.39, 0.29) is 11.9 Å². The van der Waals surface area contributed by atoms with E-state index in [2.05, 4.69) is 4.98 Å². The van der Waals surface area contributed by atoms with Crippen LogP contribution >= 0.6 is 11.6 Å². The van der Waals surface area contributed by atoms with Gasteiger partial charge in [-0.15, -0.1) is 0 Å². The number of amides is 2. The number of carboxylic acid groups (broad SMARTS) is 1. The molecule has 2 aromatic rings. The zero-order valence-corrected chi connectivity index (χ0v) is 16.4. The topological polar surface area (TPSA) is 73.7 Å². The molecule has 1 N–H and O–H groups in total. The van der Waals surface area contributed by atoms with E-state index in [0.29, 0.717) is 36.6 Å². The zero-order chi connectivity index (χ0) is 19.8. The van der Waals surface area contributed by atoms with Crippen LogP contribution in [0.1, 0.15) is 51.6 Å². The molecule has 1 atom stereocenters. The normalized spacial score (nSPS) is 18.9. The lowest BCUT2D eigenvalue weighted by molar-refractivity contribution is 0.0732. The van der Waals surface area contributed by atoms with Crippen molar-refractivity contribution in [1.82, 2.24) is 14.8 Å². The first-order valence-electron chi connectivity index (χ1n) is 9.46. The Morgan fingerprint density at radius 1 is 1.25 bits per heavy atom. The highest BCUT2D eigenvalue weighted by molar-refractivity contribution is 6.30. The van der Waals surface area contributed by atoms with Crippen molar-refractivity contribution in [2.45, 2.75) is 38.8 Å². The second kappa shape index (κ2) is 7.43. The predicted molar refractivity (Wildman–Crippen MR) is 106 cm³/mol. The van der Waals surface area contributed by atoms with Gasteiger partial charge in [-0.05, 0) is 67.1 Å². The van der Waals surface area contributed by atoms with Gasteiger partial charge in [0.15, 0.2) is 0 Å². The van der Waals surface area contributed by atoms with Gasteiger partial charge in [-0.25, -0.2) is 4.79 Å². The number of fused-ring (bicyclic) bond motifs is 1. The van der Waals surface area contributed by atoms with Crippen molar-refractivity contribution in [3.63, 3.8) is 0 Å². The van der Waals surface area contributed by atoms with Gasteiger partial charge < -0.3 is 14.9 Å². The Balaban J connectivity index is 1.66. The molecular formula is C21H22ClN3O3. The summed E-state index contributed by atoms with van der Waals surface area (Å²) < 4.78 is 0. The standard InChI is InChI=1S/C21H22ClN3O3/c1-13-4-5-15(11-23-13)20(26)24-8-6-14-9-16(22)10-17(18(14)12-24)19-3-2-7-25(19)21(27)28/h4-5,9-11,19H,2-3,6-8,12H2,1H3,(H,27,28). The number of hydrogen-bond acceptors (Lipinski definition) is 3. The number of nitrogens with zero attached hydrogens (tertiary/aromatic N) is 3. The minimum Gasteiger partial charge on any atom is -0.465 e. The number of hydrogen-bond donors (Lipinski definition) is 1. The van der Waals surface area contributed by atoms with Gasteiger partial charge >= 0.3 is 6.09 Å². The number of benzene rings is 1. The molecule has 146 valence electrons. The number of carbonyl (C=O) groups is 2. The first-order chi connectivity index (χ1) is 13.4. The lowest BCUT2D eigenvalue weighted by Gasteiger charge is -2.33. The van der Waals surface area contributed by atoms with Crippen molar-refractivity contribution in [2.24, 2.45) is 0 Å². The highest BCUT2D eigenvalue weighted by Crippen LogP contribution is 2.38. The van der Waals surface area contributed by atoms with Gasteiger partial charge in [0.05, 0.1) is 11.6 Å². The summed E-state index contributed by atoms with van der Waals surface area (Å²) in [7, 11) is 0. The number of likely N-dealkylation sites (tertiary alicyclic amines) is 1. The van der Waals surface area contributed by atoms with E-state index in [1.807, 2.05) is 30.0 Å². The van der Waals surface area contributed by atoms with Crippen LogP contribution in [0.3, 0.4) is 0 Å². The van der Waals surface area contributed by atoms with Crippen LogP contribution in [0, 0.1) is 6.92 Å². The van der Waals surface area contributed by atoms with Crippen LogP contribution in [-0.4, -0.2) is 45.0 Å². The van der Waals surface area contributed by atoms with E-state index in [1.54, 1.807) is 12.3 Å². The van der Waals surface area contributed by atoms with E-state index in [0.717, 1.165) is 35.2 Å². The number of aromatic nitrogens is 1. The summed E-state index contributed by atoms with van der Waals surface area (Å²) in [6.07, 6.45) is 3.00. The molecule has 1 unspecified atom stereocenters. The Morgan fingerprint density at radius 2 is 2.07 bits per heavy atom. The van der Waals surface area contributed by atoms with Gasteiger partial charge in [-0.1, -0.05) is 11.6 Å². The lowest BCUT2D eigenvalue weighted by Crippen LogP contribution is -2.37. The van der Waals surface area contributed by atoms with Gasteiger partial charge in [0.1, 0.15) is 0 Å². The predicted octanol–water partition coefficient (Wildman–Crippen LogP) is 4.06. The maximum atomic E-state index is 12.9. The Hall–Kier alpha value is -2.60. The van der Waals surface area contributed by atoms with Crippen LogP contribution < -0.4 is 0 Å². The van der Waals surface area contributed by atoms with E-state index >= 15 is 0 Å². The third kappa shape index (κ3) is 3.44. The molecular weight excluding hydrogens is 378 g/mol. The fourth-order valence-electron chi connectivity index (χ4n) is 4.22. The van der Waals surface area contributed by atoms with Gasteiger partial charge in [-0.3, -0.25) is 9.78 Å². The molecule has 2 aliphatic rings. The molecule has 3 heterocycles. The number of aryl methyl sites for hydroxylation is 1. The highest BCUT2D eigenvalue weighted by Gasteiger charge is 2.34. The molecule has 2 aliphatic heterocycles. The molecule has 1 aromatic heterocycles. The molecule has 2 amide bonds.